The minimum atomic E-state index is -2.89. The summed E-state index contributed by atoms with van der Waals surface area (Å²) in [6.45, 7) is 3.19. The highest BCUT2D eigenvalue weighted by molar-refractivity contribution is 5.99. The Bertz CT molecular complexity index is 841. The third-order valence-electron chi connectivity index (χ3n) is 4.28. The molecule has 6 nitrogen and oxygen atoms in total. The number of alkyl halides is 2. The van der Waals surface area contributed by atoms with Crippen LogP contribution in [0.1, 0.15) is 36.7 Å². The Morgan fingerprint density at radius 1 is 1.03 bits per heavy atom. The number of halogens is 2. The molecule has 2 aromatic carbocycles. The van der Waals surface area contributed by atoms with E-state index in [0.717, 1.165) is 0 Å². The molecular formula is C22H26F2N2O4. The van der Waals surface area contributed by atoms with Crippen molar-refractivity contribution in [1.29, 1.82) is 0 Å². The molecule has 0 radical (unpaired) electrons. The molecule has 2 amide bonds. The topological polar surface area (TPSA) is 76.7 Å². The average molecular weight is 420 g/mol. The molecule has 0 spiro atoms. The predicted molar refractivity (Wildman–Crippen MR) is 109 cm³/mol. The van der Waals surface area contributed by atoms with E-state index in [1.54, 1.807) is 36.4 Å². The van der Waals surface area contributed by atoms with E-state index in [1.807, 2.05) is 20.8 Å². The molecule has 8 heteroatoms. The molecule has 30 heavy (non-hydrogen) atoms. The van der Waals surface area contributed by atoms with Gasteiger partial charge in [0.25, 0.3) is 5.91 Å². The molecule has 0 heterocycles. The van der Waals surface area contributed by atoms with Crippen molar-refractivity contribution in [2.45, 2.75) is 40.0 Å². The van der Waals surface area contributed by atoms with Gasteiger partial charge in [-0.3, -0.25) is 9.59 Å². The number of rotatable bonds is 10. The van der Waals surface area contributed by atoms with Gasteiger partial charge in [0, 0.05) is 6.54 Å². The quantitative estimate of drug-likeness (QED) is 0.614. The van der Waals surface area contributed by atoms with Crippen LogP contribution in [-0.4, -0.2) is 31.1 Å². The summed E-state index contributed by atoms with van der Waals surface area (Å²) in [5.41, 5.74) is 1.06. The molecule has 1 atom stereocenters. The van der Waals surface area contributed by atoms with E-state index in [9.17, 15) is 18.4 Å². The first-order valence-corrected chi connectivity index (χ1v) is 9.66. The normalized spacial score (nSPS) is 11.8. The molecule has 0 saturated heterocycles. The van der Waals surface area contributed by atoms with Crippen molar-refractivity contribution < 1.29 is 27.8 Å². The van der Waals surface area contributed by atoms with Crippen LogP contribution in [0.4, 0.5) is 8.78 Å². The molecule has 0 aliphatic heterocycles. The van der Waals surface area contributed by atoms with E-state index in [-0.39, 0.29) is 24.1 Å². The van der Waals surface area contributed by atoms with Gasteiger partial charge in [-0.2, -0.15) is 8.78 Å². The average Bonchev–Trinajstić information content (AvgIpc) is 2.71. The van der Waals surface area contributed by atoms with Gasteiger partial charge in [0.05, 0.1) is 12.2 Å². The highest BCUT2D eigenvalue weighted by Gasteiger charge is 2.25. The van der Waals surface area contributed by atoms with Crippen molar-refractivity contribution >= 4 is 11.8 Å². The fraction of sp³-hybridized carbons (Fsp3) is 0.364. The third kappa shape index (κ3) is 6.72. The summed E-state index contributed by atoms with van der Waals surface area (Å²) in [5, 5.41) is 5.53. The van der Waals surface area contributed by atoms with Crippen LogP contribution in [-0.2, 0) is 11.3 Å². The zero-order valence-electron chi connectivity index (χ0n) is 17.2. The lowest BCUT2D eigenvalue weighted by molar-refractivity contribution is -0.124. The van der Waals surface area contributed by atoms with E-state index >= 15 is 0 Å². The molecule has 0 fully saturated rings. The number of hydrogen-bond acceptors (Lipinski definition) is 4. The second-order valence-corrected chi connectivity index (χ2v) is 6.86. The maximum absolute atomic E-state index is 12.7. The van der Waals surface area contributed by atoms with Gasteiger partial charge in [-0.05, 0) is 42.7 Å². The summed E-state index contributed by atoms with van der Waals surface area (Å²) in [4.78, 5) is 25.4. The summed E-state index contributed by atoms with van der Waals surface area (Å²) < 4.78 is 34.2. The Morgan fingerprint density at radius 2 is 1.70 bits per heavy atom. The first kappa shape index (κ1) is 23.1. The van der Waals surface area contributed by atoms with Crippen LogP contribution in [0, 0.1) is 5.92 Å². The number of ether oxygens (including phenoxy) is 2. The molecular weight excluding hydrogens is 394 g/mol. The Balaban J connectivity index is 2.00. The molecule has 2 rings (SSSR count). The van der Waals surface area contributed by atoms with E-state index in [0.29, 0.717) is 23.5 Å². The van der Waals surface area contributed by atoms with Gasteiger partial charge < -0.3 is 20.1 Å². The molecule has 2 N–H and O–H groups in total. The van der Waals surface area contributed by atoms with Crippen molar-refractivity contribution in [2.24, 2.45) is 5.92 Å². The zero-order chi connectivity index (χ0) is 22.1. The molecule has 1 unspecified atom stereocenters. The van der Waals surface area contributed by atoms with Crippen molar-refractivity contribution in [3.63, 3.8) is 0 Å². The molecule has 0 saturated carbocycles. The van der Waals surface area contributed by atoms with E-state index in [2.05, 4.69) is 15.4 Å². The minimum absolute atomic E-state index is 0.0420. The fourth-order valence-electron chi connectivity index (χ4n) is 2.78. The zero-order valence-corrected chi connectivity index (χ0v) is 17.2. The van der Waals surface area contributed by atoms with Gasteiger partial charge in [0.2, 0.25) is 5.91 Å². The summed E-state index contributed by atoms with van der Waals surface area (Å²) >= 11 is 0. The number of carbonyl (C=O) groups is 2. The van der Waals surface area contributed by atoms with Crippen LogP contribution in [0.15, 0.2) is 48.5 Å². The van der Waals surface area contributed by atoms with Gasteiger partial charge in [-0.15, -0.1) is 0 Å². The smallest absolute Gasteiger partial charge is 0.387 e. The Morgan fingerprint density at radius 3 is 2.30 bits per heavy atom. The number of benzene rings is 2. The number of hydrogen-bond donors (Lipinski definition) is 2. The van der Waals surface area contributed by atoms with Crippen LogP contribution in [0.25, 0.3) is 0 Å². The van der Waals surface area contributed by atoms with Crippen LogP contribution in [0.5, 0.6) is 11.5 Å². The molecule has 0 bridgehead atoms. The van der Waals surface area contributed by atoms with Crippen molar-refractivity contribution in [1.82, 2.24) is 10.6 Å². The van der Waals surface area contributed by atoms with Crippen molar-refractivity contribution in [3.8, 4) is 11.5 Å². The maximum Gasteiger partial charge on any atom is 0.387 e. The number of amides is 2. The Hall–Kier alpha value is -3.16. The molecule has 162 valence electrons. The van der Waals surface area contributed by atoms with Crippen LogP contribution in [0.2, 0.25) is 0 Å². The van der Waals surface area contributed by atoms with Crippen LogP contribution >= 0.6 is 0 Å². The summed E-state index contributed by atoms with van der Waals surface area (Å²) in [6.07, 6.45) is 0. The van der Waals surface area contributed by atoms with E-state index in [4.69, 9.17) is 4.74 Å². The fourth-order valence-corrected chi connectivity index (χ4v) is 2.78. The molecule has 0 aliphatic rings. The second-order valence-electron chi connectivity index (χ2n) is 6.86. The van der Waals surface area contributed by atoms with Crippen LogP contribution in [0.3, 0.4) is 0 Å². The monoisotopic (exact) mass is 420 g/mol. The maximum atomic E-state index is 12.7. The SMILES string of the molecule is CCOc1ccccc1C(=O)NC(C(=O)NCc1ccc(OC(F)F)cc1)C(C)C. The number of carbonyl (C=O) groups excluding carboxylic acids is 2. The standard InChI is InChI=1S/C22H26F2N2O4/c1-4-29-18-8-6-5-7-17(18)20(27)26-19(14(2)3)21(28)25-13-15-9-11-16(12-10-15)30-22(23)24/h5-12,14,19,22H,4,13H2,1-3H3,(H,25,28)(H,26,27). The largest absolute Gasteiger partial charge is 0.493 e. The van der Waals surface area contributed by atoms with Gasteiger partial charge in [0.15, 0.2) is 0 Å². The Kier molecular flexibility index (Phi) is 8.58. The van der Waals surface area contributed by atoms with Gasteiger partial charge in [-0.25, -0.2) is 0 Å². The van der Waals surface area contributed by atoms with Crippen LogP contribution < -0.4 is 20.1 Å². The molecule has 0 aromatic heterocycles. The third-order valence-corrected chi connectivity index (χ3v) is 4.28. The first-order valence-electron chi connectivity index (χ1n) is 9.66. The Labute approximate surface area is 174 Å². The van der Waals surface area contributed by atoms with E-state index < -0.39 is 18.6 Å². The highest BCUT2D eigenvalue weighted by atomic mass is 19.3. The van der Waals surface area contributed by atoms with Gasteiger partial charge >= 0.3 is 6.61 Å². The molecule has 0 aliphatic carbocycles. The number of para-hydroxylation sites is 1. The van der Waals surface area contributed by atoms with Gasteiger partial charge in [0.1, 0.15) is 17.5 Å². The lowest BCUT2D eigenvalue weighted by atomic mass is 10.0. The molecule has 2 aromatic rings. The second kappa shape index (κ2) is 11.1. The minimum Gasteiger partial charge on any atom is -0.493 e. The summed E-state index contributed by atoms with van der Waals surface area (Å²) in [6, 6.07) is 12.0. The number of nitrogens with one attached hydrogen (secondary N) is 2. The predicted octanol–water partition coefficient (Wildman–Crippen LogP) is 3.76. The lowest BCUT2D eigenvalue weighted by Gasteiger charge is -2.22. The highest BCUT2D eigenvalue weighted by Crippen LogP contribution is 2.19. The van der Waals surface area contributed by atoms with Crippen molar-refractivity contribution in [2.75, 3.05) is 6.61 Å². The van der Waals surface area contributed by atoms with E-state index in [1.165, 1.54) is 12.1 Å². The first-order chi connectivity index (χ1) is 14.3. The van der Waals surface area contributed by atoms with Gasteiger partial charge in [-0.1, -0.05) is 38.1 Å². The summed E-state index contributed by atoms with van der Waals surface area (Å²) in [5.74, 6) is -0.413. The summed E-state index contributed by atoms with van der Waals surface area (Å²) in [7, 11) is 0. The lowest BCUT2D eigenvalue weighted by Crippen LogP contribution is -2.49. The van der Waals surface area contributed by atoms with Crippen molar-refractivity contribution in [3.05, 3.63) is 59.7 Å².